The first-order valence-electron chi connectivity index (χ1n) is 9.72. The first kappa shape index (κ1) is 24.2. The van der Waals surface area contributed by atoms with Gasteiger partial charge >= 0.3 is 5.97 Å². The molecule has 0 aromatic heterocycles. The molecule has 4 N–H and O–H groups in total. The maximum absolute atomic E-state index is 12.6. The number of aliphatic hydroxyl groups is 1. The van der Waals surface area contributed by atoms with Crippen LogP contribution in [0, 0.1) is 0 Å². The Balaban J connectivity index is 2.36. The molecule has 0 bridgehead atoms. The molecule has 1 aromatic rings. The number of aromatic hydroxyl groups is 2. The molecule has 1 aliphatic rings. The highest BCUT2D eigenvalue weighted by Crippen LogP contribution is 2.37. The number of aliphatic hydroxyl groups excluding tert-OH is 1. The number of nitrogens with one attached hydrogen (secondary N) is 1. The Labute approximate surface area is 184 Å². The molecule has 1 heterocycles. The molecule has 0 saturated heterocycles. The van der Waals surface area contributed by atoms with E-state index in [1.807, 2.05) is 18.2 Å². The molecule has 1 aromatic carbocycles. The largest absolute Gasteiger partial charge is 0.507 e. The number of esters is 1. The maximum atomic E-state index is 12.6. The van der Waals surface area contributed by atoms with Crippen molar-refractivity contribution in [3.8, 4) is 11.5 Å². The molecule has 0 saturated carbocycles. The number of hydrogen-bond acceptors (Lipinski definition) is 8. The van der Waals surface area contributed by atoms with Crippen LogP contribution in [0.1, 0.15) is 35.2 Å². The summed E-state index contributed by atoms with van der Waals surface area (Å²) >= 11 is 6.22. The minimum atomic E-state index is -0.785. The molecule has 1 aliphatic heterocycles. The lowest BCUT2D eigenvalue weighted by Crippen LogP contribution is -2.29. The smallest absolute Gasteiger partial charge is 0.342 e. The van der Waals surface area contributed by atoms with Gasteiger partial charge in [0.2, 0.25) is 0 Å². The van der Waals surface area contributed by atoms with Crippen molar-refractivity contribution in [3.63, 3.8) is 0 Å². The summed E-state index contributed by atoms with van der Waals surface area (Å²) in [6.07, 6.45) is 9.27. The van der Waals surface area contributed by atoms with E-state index in [9.17, 15) is 19.8 Å². The number of fused-ring (bicyclic) bond motifs is 1. The Bertz CT molecular complexity index is 881. The summed E-state index contributed by atoms with van der Waals surface area (Å²) in [5.41, 5.74) is 0.246. The predicted molar refractivity (Wildman–Crippen MR) is 114 cm³/mol. The van der Waals surface area contributed by atoms with Gasteiger partial charge in [-0.25, -0.2) is 4.79 Å². The number of benzene rings is 1. The van der Waals surface area contributed by atoms with Crippen molar-refractivity contribution >= 4 is 29.2 Å². The van der Waals surface area contributed by atoms with Crippen molar-refractivity contribution in [3.05, 3.63) is 46.5 Å². The zero-order valence-corrected chi connectivity index (χ0v) is 17.6. The number of amides is 1. The van der Waals surface area contributed by atoms with E-state index < -0.39 is 23.4 Å². The van der Waals surface area contributed by atoms with Gasteiger partial charge in [0.1, 0.15) is 17.1 Å². The summed E-state index contributed by atoms with van der Waals surface area (Å²) in [5, 5.41) is 35.2. The lowest BCUT2D eigenvalue weighted by atomic mass is 9.99. The molecule has 0 unspecified atom stereocenters. The minimum absolute atomic E-state index is 0.0736. The zero-order chi connectivity index (χ0) is 22.6. The molecule has 2 rings (SSSR count). The number of phenolic OH excluding ortho intramolecular Hbond substituents is 2. The Hall–Kier alpha value is -3.04. The Morgan fingerprint density at radius 1 is 1.19 bits per heavy atom. The molecule has 168 valence electrons. The van der Waals surface area contributed by atoms with E-state index in [2.05, 4.69) is 10.5 Å². The predicted octanol–water partition coefficient (Wildman–Crippen LogP) is 2.23. The fourth-order valence-electron chi connectivity index (χ4n) is 2.74. The number of cyclic esters (lactones) is 1. The normalized spacial score (nSPS) is 18.4. The van der Waals surface area contributed by atoms with E-state index in [0.717, 1.165) is 12.5 Å². The van der Waals surface area contributed by atoms with Gasteiger partial charge in [0.15, 0.2) is 6.61 Å². The molecule has 9 nitrogen and oxygen atoms in total. The van der Waals surface area contributed by atoms with Crippen LogP contribution < -0.4 is 5.32 Å². The first-order chi connectivity index (χ1) is 14.9. The van der Waals surface area contributed by atoms with Crippen molar-refractivity contribution in [2.45, 2.75) is 25.7 Å². The Kier molecular flexibility index (Phi) is 9.86. The second kappa shape index (κ2) is 12.6. The van der Waals surface area contributed by atoms with Crippen LogP contribution in [0.25, 0.3) is 0 Å². The van der Waals surface area contributed by atoms with Crippen LogP contribution in [-0.2, 0) is 20.8 Å². The van der Waals surface area contributed by atoms with Crippen LogP contribution in [0.5, 0.6) is 11.5 Å². The summed E-state index contributed by atoms with van der Waals surface area (Å²) in [4.78, 5) is 29.3. The van der Waals surface area contributed by atoms with E-state index >= 15 is 0 Å². The molecular formula is C21H25ClN2O7. The van der Waals surface area contributed by atoms with Gasteiger partial charge in [0.05, 0.1) is 23.9 Å². The zero-order valence-electron chi connectivity index (χ0n) is 16.8. The summed E-state index contributed by atoms with van der Waals surface area (Å²) < 4.78 is 5.22. The van der Waals surface area contributed by atoms with Crippen molar-refractivity contribution in [1.82, 2.24) is 5.32 Å². The number of oxime groups is 1. The average Bonchev–Trinajstić information content (AvgIpc) is 2.73. The standard InChI is InChI=1S/C21H25ClN2O7/c22-20-15-11-14(24-31-13-18(28)23-8-9-25)7-5-3-1-2-4-6-10-30-21(29)19(15)16(26)12-17(20)27/h2,4-5,7,12,25-27H,1,3,6,8-11,13H2,(H,23,28)/b4-2+,7-5+,24-14-. The van der Waals surface area contributed by atoms with E-state index in [1.165, 1.54) is 0 Å². The second-order valence-electron chi connectivity index (χ2n) is 6.56. The lowest BCUT2D eigenvalue weighted by Gasteiger charge is -2.14. The number of allylic oxidation sites excluding steroid dienone is 3. The van der Waals surface area contributed by atoms with E-state index in [1.54, 1.807) is 6.08 Å². The van der Waals surface area contributed by atoms with Crippen LogP contribution >= 0.6 is 11.6 Å². The number of ether oxygens (including phenoxy) is 1. The fourth-order valence-corrected chi connectivity index (χ4v) is 2.96. The van der Waals surface area contributed by atoms with Crippen LogP contribution in [0.4, 0.5) is 0 Å². The molecule has 10 heteroatoms. The Morgan fingerprint density at radius 2 is 1.94 bits per heavy atom. The van der Waals surface area contributed by atoms with Crippen molar-refractivity contribution in [2.24, 2.45) is 5.16 Å². The van der Waals surface area contributed by atoms with Crippen LogP contribution in [0.15, 0.2) is 35.5 Å². The van der Waals surface area contributed by atoms with Crippen LogP contribution in [0.2, 0.25) is 5.02 Å². The quantitative estimate of drug-likeness (QED) is 0.305. The molecule has 0 radical (unpaired) electrons. The van der Waals surface area contributed by atoms with Gasteiger partial charge in [-0.15, -0.1) is 0 Å². The minimum Gasteiger partial charge on any atom is -0.507 e. The number of carbonyl (C=O) groups excluding carboxylic acids is 2. The Morgan fingerprint density at radius 3 is 2.71 bits per heavy atom. The van der Waals surface area contributed by atoms with Gasteiger partial charge in [-0.05, 0) is 30.9 Å². The number of rotatable bonds is 5. The molecule has 31 heavy (non-hydrogen) atoms. The van der Waals surface area contributed by atoms with Gasteiger partial charge in [-0.3, -0.25) is 4.79 Å². The highest BCUT2D eigenvalue weighted by molar-refractivity contribution is 6.33. The molecule has 0 atom stereocenters. The number of phenols is 2. The van der Waals surface area contributed by atoms with Crippen molar-refractivity contribution < 1.29 is 34.5 Å². The number of hydrogen-bond donors (Lipinski definition) is 4. The number of halogens is 1. The molecule has 0 fully saturated rings. The average molecular weight is 453 g/mol. The molecular weight excluding hydrogens is 428 g/mol. The van der Waals surface area contributed by atoms with Crippen LogP contribution in [0.3, 0.4) is 0 Å². The summed E-state index contributed by atoms with van der Waals surface area (Å²) in [5.74, 6) is -2.13. The number of carbonyl (C=O) groups is 2. The third-order valence-corrected chi connectivity index (χ3v) is 4.61. The molecule has 0 spiro atoms. The topological polar surface area (TPSA) is 138 Å². The SMILES string of the molecule is O=C(CO/N=C1/C=C/CC/C=C/CCOC(=O)c2c(O)cc(O)c(Cl)c2C1)NCCO. The third kappa shape index (κ3) is 7.62. The van der Waals surface area contributed by atoms with Crippen molar-refractivity contribution in [1.29, 1.82) is 0 Å². The maximum Gasteiger partial charge on any atom is 0.342 e. The van der Waals surface area contributed by atoms with Crippen molar-refractivity contribution in [2.75, 3.05) is 26.4 Å². The highest BCUT2D eigenvalue weighted by atomic mass is 35.5. The van der Waals surface area contributed by atoms with Gasteiger partial charge in [-0.2, -0.15) is 0 Å². The highest BCUT2D eigenvalue weighted by Gasteiger charge is 2.24. The summed E-state index contributed by atoms with van der Waals surface area (Å²) in [6, 6.07) is 0.972. The van der Waals surface area contributed by atoms with E-state index in [-0.39, 0.29) is 48.9 Å². The second-order valence-corrected chi connectivity index (χ2v) is 6.94. The van der Waals surface area contributed by atoms with E-state index in [4.69, 9.17) is 26.3 Å². The van der Waals surface area contributed by atoms with Gasteiger partial charge in [0, 0.05) is 19.0 Å². The summed E-state index contributed by atoms with van der Waals surface area (Å²) in [7, 11) is 0. The molecule has 0 aliphatic carbocycles. The summed E-state index contributed by atoms with van der Waals surface area (Å²) in [6.45, 7) is -0.366. The first-order valence-corrected chi connectivity index (χ1v) is 10.1. The monoisotopic (exact) mass is 452 g/mol. The molecule has 1 amide bonds. The van der Waals surface area contributed by atoms with Crippen LogP contribution in [-0.4, -0.2) is 59.3 Å². The van der Waals surface area contributed by atoms with Gasteiger partial charge in [0.25, 0.3) is 5.91 Å². The van der Waals surface area contributed by atoms with Gasteiger partial charge in [-0.1, -0.05) is 35.0 Å². The van der Waals surface area contributed by atoms with Gasteiger partial charge < -0.3 is 30.2 Å². The fraction of sp³-hybridized carbons (Fsp3) is 0.381. The van der Waals surface area contributed by atoms with E-state index in [0.29, 0.717) is 18.6 Å². The lowest BCUT2D eigenvalue weighted by molar-refractivity contribution is -0.125. The number of nitrogens with zero attached hydrogens (tertiary/aromatic N) is 1. The third-order valence-electron chi connectivity index (χ3n) is 4.19.